The second-order valence-corrected chi connectivity index (χ2v) is 5.92. The van der Waals surface area contributed by atoms with E-state index in [4.69, 9.17) is 4.74 Å². The van der Waals surface area contributed by atoms with Crippen LogP contribution in [-0.2, 0) is 14.3 Å². The largest absolute Gasteiger partial charge is 0.378 e. The van der Waals surface area contributed by atoms with Crippen molar-refractivity contribution in [2.75, 3.05) is 26.3 Å². The van der Waals surface area contributed by atoms with Crippen LogP contribution < -0.4 is 10.6 Å². The number of fused-ring (bicyclic) bond motifs is 1. The zero-order valence-electron chi connectivity index (χ0n) is 11.8. The highest BCUT2D eigenvalue weighted by Gasteiger charge is 2.37. The molecule has 1 saturated carbocycles. The summed E-state index contributed by atoms with van der Waals surface area (Å²) >= 11 is 0. The van der Waals surface area contributed by atoms with Crippen LogP contribution in [0.5, 0.6) is 0 Å². The third kappa shape index (κ3) is 2.96. The highest BCUT2D eigenvalue weighted by Crippen LogP contribution is 2.22. The van der Waals surface area contributed by atoms with Crippen LogP contribution in [0.2, 0.25) is 0 Å². The van der Waals surface area contributed by atoms with E-state index in [0.717, 1.165) is 12.8 Å². The maximum atomic E-state index is 12.2. The minimum absolute atomic E-state index is 0.0187. The van der Waals surface area contributed by atoms with Gasteiger partial charge in [0.25, 0.3) is 0 Å². The molecule has 6 heteroatoms. The van der Waals surface area contributed by atoms with Crippen molar-refractivity contribution in [2.24, 2.45) is 0 Å². The third-order valence-corrected chi connectivity index (χ3v) is 4.57. The lowest BCUT2D eigenvalue weighted by Crippen LogP contribution is -2.65. The zero-order valence-corrected chi connectivity index (χ0v) is 11.8. The second kappa shape index (κ2) is 6.10. The van der Waals surface area contributed by atoms with Gasteiger partial charge in [0.1, 0.15) is 0 Å². The molecule has 0 radical (unpaired) electrons. The molecule has 0 aromatic rings. The zero-order chi connectivity index (χ0) is 13.9. The van der Waals surface area contributed by atoms with E-state index in [0.29, 0.717) is 32.3 Å². The SMILES string of the molecule is O=C1N[C@@H]2CCCC[C@@H]2N[C@@H]1CC(=O)N1CCOCC1. The number of hydrogen-bond acceptors (Lipinski definition) is 4. The van der Waals surface area contributed by atoms with E-state index >= 15 is 0 Å². The Morgan fingerprint density at radius 3 is 2.65 bits per heavy atom. The number of rotatable bonds is 2. The molecular weight excluding hydrogens is 258 g/mol. The molecule has 3 rings (SSSR count). The van der Waals surface area contributed by atoms with E-state index in [1.54, 1.807) is 4.90 Å². The highest BCUT2D eigenvalue weighted by atomic mass is 16.5. The molecule has 3 fully saturated rings. The lowest BCUT2D eigenvalue weighted by Gasteiger charge is -2.40. The summed E-state index contributed by atoms with van der Waals surface area (Å²) in [6.07, 6.45) is 4.78. The summed E-state index contributed by atoms with van der Waals surface area (Å²) in [5.41, 5.74) is 0. The third-order valence-electron chi connectivity index (χ3n) is 4.57. The van der Waals surface area contributed by atoms with Crippen LogP contribution in [0.1, 0.15) is 32.1 Å². The average molecular weight is 281 g/mol. The van der Waals surface area contributed by atoms with Crippen molar-refractivity contribution < 1.29 is 14.3 Å². The lowest BCUT2D eigenvalue weighted by atomic mass is 9.87. The molecule has 2 heterocycles. The fourth-order valence-corrected chi connectivity index (χ4v) is 3.39. The van der Waals surface area contributed by atoms with Crippen molar-refractivity contribution in [3.8, 4) is 0 Å². The number of amides is 2. The van der Waals surface area contributed by atoms with E-state index in [9.17, 15) is 9.59 Å². The van der Waals surface area contributed by atoms with Gasteiger partial charge in [0.2, 0.25) is 11.8 Å². The minimum atomic E-state index is -0.371. The standard InChI is InChI=1S/C14H23N3O3/c18-13(17-5-7-20-8-6-17)9-12-14(19)16-11-4-2-1-3-10(11)15-12/h10-12,15H,1-9H2,(H,16,19)/t10-,11+,12+/m0/s1. The van der Waals surface area contributed by atoms with Gasteiger partial charge < -0.3 is 20.3 Å². The first kappa shape index (κ1) is 13.8. The van der Waals surface area contributed by atoms with Gasteiger partial charge in [-0.25, -0.2) is 0 Å². The van der Waals surface area contributed by atoms with Gasteiger partial charge in [-0.15, -0.1) is 0 Å². The number of piperazine rings is 1. The first-order valence-electron chi connectivity index (χ1n) is 7.66. The van der Waals surface area contributed by atoms with Gasteiger partial charge in [-0.3, -0.25) is 9.59 Å². The van der Waals surface area contributed by atoms with Gasteiger partial charge >= 0.3 is 0 Å². The van der Waals surface area contributed by atoms with Gasteiger partial charge in [0.05, 0.1) is 25.7 Å². The smallest absolute Gasteiger partial charge is 0.237 e. The summed E-state index contributed by atoms with van der Waals surface area (Å²) in [5, 5.41) is 6.46. The maximum Gasteiger partial charge on any atom is 0.237 e. The first-order valence-corrected chi connectivity index (χ1v) is 7.66. The van der Waals surface area contributed by atoms with Gasteiger partial charge in [-0.1, -0.05) is 12.8 Å². The van der Waals surface area contributed by atoms with Gasteiger partial charge in [-0.05, 0) is 12.8 Å². The van der Waals surface area contributed by atoms with Crippen LogP contribution in [0.25, 0.3) is 0 Å². The Kier molecular flexibility index (Phi) is 4.21. The Morgan fingerprint density at radius 1 is 1.20 bits per heavy atom. The molecule has 1 aliphatic carbocycles. The first-order chi connectivity index (χ1) is 9.74. The van der Waals surface area contributed by atoms with E-state index in [1.807, 2.05) is 0 Å². The molecule has 0 unspecified atom stereocenters. The molecule has 2 aliphatic heterocycles. The number of hydrogen-bond donors (Lipinski definition) is 2. The van der Waals surface area contributed by atoms with E-state index in [-0.39, 0.29) is 30.3 Å². The average Bonchev–Trinajstić information content (AvgIpc) is 2.49. The summed E-state index contributed by atoms with van der Waals surface area (Å²) in [7, 11) is 0. The van der Waals surface area contributed by atoms with Crippen LogP contribution in [0.4, 0.5) is 0 Å². The fraction of sp³-hybridized carbons (Fsp3) is 0.857. The number of carbonyl (C=O) groups is 2. The van der Waals surface area contributed by atoms with Crippen molar-refractivity contribution >= 4 is 11.8 Å². The predicted octanol–water partition coefficient (Wildman–Crippen LogP) is -0.365. The number of ether oxygens (including phenoxy) is 1. The summed E-state index contributed by atoms with van der Waals surface area (Å²) < 4.78 is 5.24. The Hall–Kier alpha value is -1.14. The monoisotopic (exact) mass is 281 g/mol. The summed E-state index contributed by atoms with van der Waals surface area (Å²) in [5.74, 6) is 0.0324. The van der Waals surface area contributed by atoms with Crippen LogP contribution >= 0.6 is 0 Å². The topological polar surface area (TPSA) is 70.7 Å². The van der Waals surface area contributed by atoms with Crippen molar-refractivity contribution in [3.63, 3.8) is 0 Å². The van der Waals surface area contributed by atoms with Crippen LogP contribution in [0.3, 0.4) is 0 Å². The van der Waals surface area contributed by atoms with Crippen molar-refractivity contribution in [1.29, 1.82) is 0 Å². The molecule has 0 aromatic heterocycles. The van der Waals surface area contributed by atoms with Gasteiger partial charge in [0.15, 0.2) is 0 Å². The van der Waals surface area contributed by atoms with Crippen molar-refractivity contribution in [3.05, 3.63) is 0 Å². The predicted molar refractivity (Wildman–Crippen MR) is 73.1 cm³/mol. The number of carbonyl (C=O) groups excluding carboxylic acids is 2. The maximum absolute atomic E-state index is 12.2. The quantitative estimate of drug-likeness (QED) is 0.725. The highest BCUT2D eigenvalue weighted by molar-refractivity contribution is 5.89. The van der Waals surface area contributed by atoms with Crippen LogP contribution in [-0.4, -0.2) is 61.1 Å². The Bertz CT molecular complexity index is 382. The van der Waals surface area contributed by atoms with Crippen LogP contribution in [0, 0.1) is 0 Å². The minimum Gasteiger partial charge on any atom is -0.378 e. The van der Waals surface area contributed by atoms with E-state index in [1.165, 1.54) is 12.8 Å². The second-order valence-electron chi connectivity index (χ2n) is 5.92. The molecule has 2 saturated heterocycles. The van der Waals surface area contributed by atoms with Crippen molar-refractivity contribution in [2.45, 2.75) is 50.2 Å². The Balaban J connectivity index is 1.56. The van der Waals surface area contributed by atoms with Crippen molar-refractivity contribution in [1.82, 2.24) is 15.5 Å². The molecular formula is C14H23N3O3. The van der Waals surface area contributed by atoms with Gasteiger partial charge in [0, 0.05) is 25.2 Å². The fourth-order valence-electron chi connectivity index (χ4n) is 3.39. The molecule has 0 bridgehead atoms. The lowest BCUT2D eigenvalue weighted by molar-refractivity contribution is -0.139. The summed E-state index contributed by atoms with van der Waals surface area (Å²) in [6.45, 7) is 2.47. The molecule has 0 spiro atoms. The molecule has 2 N–H and O–H groups in total. The Labute approximate surface area is 119 Å². The Morgan fingerprint density at radius 2 is 1.90 bits per heavy atom. The number of nitrogens with zero attached hydrogens (tertiary/aromatic N) is 1. The molecule has 3 aliphatic rings. The molecule has 2 amide bonds. The normalized spacial score (nSPS) is 34.3. The molecule has 20 heavy (non-hydrogen) atoms. The summed E-state index contributed by atoms with van der Waals surface area (Å²) in [6, 6.07) is 0.222. The summed E-state index contributed by atoms with van der Waals surface area (Å²) in [4.78, 5) is 26.1. The van der Waals surface area contributed by atoms with E-state index in [2.05, 4.69) is 10.6 Å². The number of morpholine rings is 1. The van der Waals surface area contributed by atoms with Crippen LogP contribution in [0.15, 0.2) is 0 Å². The molecule has 112 valence electrons. The molecule has 6 nitrogen and oxygen atoms in total. The van der Waals surface area contributed by atoms with Gasteiger partial charge in [-0.2, -0.15) is 0 Å². The van der Waals surface area contributed by atoms with E-state index < -0.39 is 0 Å². The molecule has 3 atom stereocenters. The molecule has 0 aromatic carbocycles. The number of nitrogens with one attached hydrogen (secondary N) is 2.